The molecule has 0 atom stereocenters. The summed E-state index contributed by atoms with van der Waals surface area (Å²) in [7, 11) is 3.28. The minimum absolute atomic E-state index is 0.0959. The van der Waals surface area contributed by atoms with Crippen molar-refractivity contribution in [2.45, 2.75) is 13.1 Å². The van der Waals surface area contributed by atoms with Crippen molar-refractivity contribution in [1.29, 1.82) is 0 Å². The first-order chi connectivity index (χ1) is 13.1. The Labute approximate surface area is 165 Å². The van der Waals surface area contributed by atoms with Crippen LogP contribution in [0.5, 0.6) is 0 Å². The van der Waals surface area contributed by atoms with Crippen molar-refractivity contribution in [3.8, 4) is 0 Å². The molecule has 28 heavy (non-hydrogen) atoms. The van der Waals surface area contributed by atoms with Crippen LogP contribution < -0.4 is 5.32 Å². The smallest absolute Gasteiger partial charge is 0.355 e. The van der Waals surface area contributed by atoms with E-state index in [0.29, 0.717) is 32.7 Å². The molecule has 0 unspecified atom stereocenters. The molecule has 7 heteroatoms. The van der Waals surface area contributed by atoms with Gasteiger partial charge in [0, 0.05) is 46.8 Å². The summed E-state index contributed by atoms with van der Waals surface area (Å²) in [4.78, 5) is 14.0. The Hall–Kier alpha value is -2.73. The van der Waals surface area contributed by atoms with E-state index in [4.69, 9.17) is 11.6 Å². The molecule has 0 aliphatic carbocycles. The number of amides is 1. The van der Waals surface area contributed by atoms with E-state index in [1.165, 1.54) is 17.9 Å². The number of carbonyl (C=O) groups is 1. The van der Waals surface area contributed by atoms with Crippen molar-refractivity contribution in [1.82, 2.24) is 4.90 Å². The number of hydrogen-bond acceptors (Lipinski definition) is 2. The fourth-order valence-corrected chi connectivity index (χ4v) is 3.39. The van der Waals surface area contributed by atoms with Crippen LogP contribution in [0.15, 0.2) is 48.5 Å². The molecule has 0 saturated heterocycles. The maximum atomic E-state index is 13.2. The molecule has 3 aromatic rings. The Balaban J connectivity index is 2.16. The lowest BCUT2D eigenvalue weighted by atomic mass is 10.0. The van der Waals surface area contributed by atoms with Crippen molar-refractivity contribution >= 4 is 39.7 Å². The molecule has 3 aromatic carbocycles. The molecule has 0 heterocycles. The number of halogens is 4. The lowest BCUT2D eigenvalue weighted by Gasteiger charge is -2.18. The molecule has 0 aliphatic rings. The van der Waals surface area contributed by atoms with Crippen LogP contribution in [0.25, 0.3) is 10.8 Å². The Morgan fingerprint density at radius 2 is 1.68 bits per heavy atom. The van der Waals surface area contributed by atoms with E-state index in [1.54, 1.807) is 50.5 Å². The van der Waals surface area contributed by atoms with Crippen molar-refractivity contribution < 1.29 is 18.0 Å². The molecule has 0 aliphatic heterocycles. The predicted molar refractivity (Wildman–Crippen MR) is 106 cm³/mol. The van der Waals surface area contributed by atoms with Gasteiger partial charge in [-0.1, -0.05) is 29.8 Å². The van der Waals surface area contributed by atoms with Gasteiger partial charge in [-0.3, -0.25) is 4.79 Å². The van der Waals surface area contributed by atoms with Crippen LogP contribution in [0.2, 0.25) is 5.02 Å². The number of alkyl halides is 3. The monoisotopic (exact) mass is 406 g/mol. The van der Waals surface area contributed by atoms with Gasteiger partial charge in [-0.2, -0.15) is 13.2 Å². The second-order valence-corrected chi connectivity index (χ2v) is 7.03. The fourth-order valence-electron chi connectivity index (χ4n) is 3.11. The molecule has 0 spiro atoms. The first-order valence-corrected chi connectivity index (χ1v) is 8.85. The second kappa shape index (κ2) is 7.36. The van der Waals surface area contributed by atoms with Gasteiger partial charge in [0.25, 0.3) is 5.91 Å². The van der Waals surface area contributed by atoms with Gasteiger partial charge in [0.2, 0.25) is 0 Å². The number of nitrogens with zero attached hydrogens (tertiary/aromatic N) is 1. The maximum absolute atomic E-state index is 13.2. The van der Waals surface area contributed by atoms with Crippen LogP contribution in [0.4, 0.5) is 24.5 Å². The number of nitrogens with one attached hydrogen (secondary N) is 1. The Bertz CT molecular complexity index is 1060. The number of benzene rings is 3. The van der Waals surface area contributed by atoms with Crippen LogP contribution in [0.1, 0.15) is 21.5 Å². The average Bonchev–Trinajstić information content (AvgIpc) is 2.62. The fraction of sp³-hybridized carbons (Fsp3) is 0.190. The third-order valence-corrected chi connectivity index (χ3v) is 4.85. The summed E-state index contributed by atoms with van der Waals surface area (Å²) >= 11 is 6.35. The minimum Gasteiger partial charge on any atom is -0.355 e. The van der Waals surface area contributed by atoms with Crippen molar-refractivity contribution in [2.24, 2.45) is 0 Å². The van der Waals surface area contributed by atoms with Crippen molar-refractivity contribution in [2.75, 3.05) is 19.4 Å². The molecule has 3 rings (SSSR count). The molecule has 0 aromatic heterocycles. The van der Waals surface area contributed by atoms with Crippen LogP contribution in [0.3, 0.4) is 0 Å². The maximum Gasteiger partial charge on any atom is 0.416 e. The third kappa shape index (κ3) is 3.64. The lowest BCUT2D eigenvalue weighted by Crippen LogP contribution is -2.22. The average molecular weight is 407 g/mol. The largest absolute Gasteiger partial charge is 0.416 e. The molecular formula is C21H18ClF3N2O. The van der Waals surface area contributed by atoms with Gasteiger partial charge in [0.15, 0.2) is 0 Å². The molecule has 1 amide bonds. The number of fused-ring (bicyclic) bond motifs is 1. The van der Waals surface area contributed by atoms with E-state index in [9.17, 15) is 18.0 Å². The zero-order chi connectivity index (χ0) is 20.6. The molecule has 0 bridgehead atoms. The van der Waals surface area contributed by atoms with E-state index in [-0.39, 0.29) is 11.5 Å². The predicted octanol–water partition coefficient (Wildman–Crippen LogP) is 6.27. The number of carbonyl (C=O) groups excluding carboxylic acids is 1. The van der Waals surface area contributed by atoms with Gasteiger partial charge in [-0.05, 0) is 42.8 Å². The molecule has 3 nitrogen and oxygen atoms in total. The highest BCUT2D eigenvalue weighted by Crippen LogP contribution is 2.38. The highest BCUT2D eigenvalue weighted by Gasteiger charge is 2.33. The normalized spacial score (nSPS) is 11.5. The first-order valence-electron chi connectivity index (χ1n) is 8.48. The quantitative estimate of drug-likeness (QED) is 0.556. The number of hydrogen-bond donors (Lipinski definition) is 1. The molecule has 1 N–H and O–H groups in total. The topological polar surface area (TPSA) is 32.3 Å². The number of rotatable bonds is 3. The van der Waals surface area contributed by atoms with Gasteiger partial charge >= 0.3 is 6.18 Å². The van der Waals surface area contributed by atoms with E-state index in [2.05, 4.69) is 5.32 Å². The SMILES string of the molecule is Cc1c(Nc2ccc(C(=O)N(C)C)c3c(Cl)cccc23)cccc1C(F)(F)F. The zero-order valence-electron chi connectivity index (χ0n) is 15.5. The van der Waals surface area contributed by atoms with E-state index in [1.807, 2.05) is 0 Å². The van der Waals surface area contributed by atoms with E-state index < -0.39 is 11.7 Å². The molecule has 0 saturated carbocycles. The summed E-state index contributed by atoms with van der Waals surface area (Å²) in [6.07, 6.45) is -4.44. The zero-order valence-corrected chi connectivity index (χ0v) is 16.2. The summed E-state index contributed by atoms with van der Waals surface area (Å²) in [5.74, 6) is -0.208. The highest BCUT2D eigenvalue weighted by molar-refractivity contribution is 6.37. The Kier molecular flexibility index (Phi) is 5.26. The van der Waals surface area contributed by atoms with Gasteiger partial charge in [0.05, 0.1) is 5.56 Å². The van der Waals surface area contributed by atoms with Crippen LogP contribution in [0, 0.1) is 6.92 Å². The highest BCUT2D eigenvalue weighted by atomic mass is 35.5. The van der Waals surface area contributed by atoms with Crippen LogP contribution in [-0.2, 0) is 6.18 Å². The van der Waals surface area contributed by atoms with Gasteiger partial charge in [-0.15, -0.1) is 0 Å². The lowest BCUT2D eigenvalue weighted by molar-refractivity contribution is -0.138. The minimum atomic E-state index is -4.44. The Morgan fingerprint density at radius 3 is 2.32 bits per heavy atom. The van der Waals surface area contributed by atoms with Gasteiger partial charge < -0.3 is 10.2 Å². The second-order valence-electron chi connectivity index (χ2n) is 6.62. The van der Waals surface area contributed by atoms with Crippen molar-refractivity contribution in [3.63, 3.8) is 0 Å². The molecule has 146 valence electrons. The molecule has 0 fully saturated rings. The summed E-state index contributed by atoms with van der Waals surface area (Å²) in [6, 6.07) is 12.5. The summed E-state index contributed by atoms with van der Waals surface area (Å²) in [6.45, 7) is 1.42. The standard InChI is InChI=1S/C21H18ClF3N2O/c1-12-15(21(23,24)25)7-5-9-17(12)26-18-11-10-14(20(28)27(2)3)19-13(18)6-4-8-16(19)22/h4-11,26H,1-3H3. The first kappa shape index (κ1) is 20.0. The summed E-state index contributed by atoms with van der Waals surface area (Å²) < 4.78 is 39.6. The van der Waals surface area contributed by atoms with Gasteiger partial charge in [0.1, 0.15) is 0 Å². The van der Waals surface area contributed by atoms with Crippen LogP contribution in [-0.4, -0.2) is 24.9 Å². The van der Waals surface area contributed by atoms with Crippen LogP contribution >= 0.6 is 11.6 Å². The molecular weight excluding hydrogens is 389 g/mol. The summed E-state index contributed by atoms with van der Waals surface area (Å²) in [5, 5.41) is 4.67. The molecule has 0 radical (unpaired) electrons. The van der Waals surface area contributed by atoms with E-state index >= 15 is 0 Å². The number of anilines is 2. The van der Waals surface area contributed by atoms with Gasteiger partial charge in [-0.25, -0.2) is 0 Å². The van der Waals surface area contributed by atoms with Crippen molar-refractivity contribution in [3.05, 3.63) is 70.2 Å². The Morgan fingerprint density at radius 1 is 1.00 bits per heavy atom. The van der Waals surface area contributed by atoms with E-state index in [0.717, 1.165) is 6.07 Å². The third-order valence-electron chi connectivity index (χ3n) is 4.53. The summed E-state index contributed by atoms with van der Waals surface area (Å²) in [5.41, 5.74) is 0.729.